The molecule has 0 aliphatic heterocycles. The molecule has 0 atom stereocenters. The molecule has 4 heteroatoms. The summed E-state index contributed by atoms with van der Waals surface area (Å²) < 4.78 is 5.76. The summed E-state index contributed by atoms with van der Waals surface area (Å²) in [5.74, 6) is 2.31. The van der Waals surface area contributed by atoms with Gasteiger partial charge < -0.3 is 4.42 Å². The second-order valence-electron chi connectivity index (χ2n) is 4.85. The predicted octanol–water partition coefficient (Wildman–Crippen LogP) is 4.65. The fourth-order valence-corrected chi connectivity index (χ4v) is 2.79. The summed E-state index contributed by atoms with van der Waals surface area (Å²) in [6.07, 6.45) is 1.88. The molecule has 0 radical (unpaired) electrons. The van der Waals surface area contributed by atoms with Crippen LogP contribution in [-0.2, 0) is 5.75 Å². The number of hydrogen-bond acceptors (Lipinski definition) is 4. The van der Waals surface area contributed by atoms with Crippen LogP contribution in [0, 0.1) is 13.8 Å². The van der Waals surface area contributed by atoms with Crippen LogP contribution in [0.1, 0.15) is 17.0 Å². The molecule has 106 valence electrons. The number of benzene rings is 1. The van der Waals surface area contributed by atoms with Crippen molar-refractivity contribution in [3.05, 3.63) is 65.7 Å². The summed E-state index contributed by atoms with van der Waals surface area (Å²) in [4.78, 5) is 8.99. The molecule has 0 aliphatic rings. The zero-order chi connectivity index (χ0) is 14.7. The maximum atomic E-state index is 5.76. The fourth-order valence-electron chi connectivity index (χ4n) is 1.95. The molecule has 3 rings (SSSR count). The van der Waals surface area contributed by atoms with Crippen LogP contribution in [0.25, 0.3) is 11.5 Å². The number of hydrogen-bond donors (Lipinski definition) is 0. The van der Waals surface area contributed by atoms with Crippen LogP contribution in [0.3, 0.4) is 0 Å². The Kier molecular flexibility index (Phi) is 4.06. The second kappa shape index (κ2) is 6.14. The lowest BCUT2D eigenvalue weighted by Gasteiger charge is -1.99. The molecular weight excluding hydrogens is 280 g/mol. The van der Waals surface area contributed by atoms with E-state index in [1.165, 1.54) is 5.56 Å². The number of aromatic nitrogens is 2. The van der Waals surface area contributed by atoms with Crippen molar-refractivity contribution >= 4 is 11.8 Å². The normalized spacial score (nSPS) is 10.8. The molecule has 2 heterocycles. The van der Waals surface area contributed by atoms with E-state index in [1.807, 2.05) is 56.4 Å². The molecule has 0 aliphatic carbocycles. The van der Waals surface area contributed by atoms with E-state index in [2.05, 4.69) is 16.0 Å². The topological polar surface area (TPSA) is 38.9 Å². The van der Waals surface area contributed by atoms with E-state index in [0.29, 0.717) is 5.89 Å². The smallest absolute Gasteiger partial charge is 0.226 e. The molecule has 0 unspecified atom stereocenters. The lowest BCUT2D eigenvalue weighted by atomic mass is 10.2. The van der Waals surface area contributed by atoms with Crippen LogP contribution in [0.15, 0.2) is 58.1 Å². The van der Waals surface area contributed by atoms with Gasteiger partial charge in [-0.25, -0.2) is 9.97 Å². The Morgan fingerprint density at radius 1 is 1.05 bits per heavy atom. The highest BCUT2D eigenvalue weighted by Crippen LogP contribution is 2.26. The number of rotatable bonds is 4. The average molecular weight is 296 g/mol. The van der Waals surface area contributed by atoms with E-state index in [1.54, 1.807) is 11.8 Å². The highest BCUT2D eigenvalue weighted by molar-refractivity contribution is 7.98. The molecule has 1 aromatic carbocycles. The number of pyridine rings is 1. The van der Waals surface area contributed by atoms with Gasteiger partial charge in [-0.15, -0.1) is 0 Å². The van der Waals surface area contributed by atoms with Crippen LogP contribution >= 0.6 is 11.8 Å². The fraction of sp³-hybridized carbons (Fsp3) is 0.176. The van der Waals surface area contributed by atoms with Gasteiger partial charge in [0, 0.05) is 17.5 Å². The Labute approximate surface area is 128 Å². The minimum Gasteiger partial charge on any atom is -0.441 e. The minimum absolute atomic E-state index is 0.681. The monoisotopic (exact) mass is 296 g/mol. The molecule has 3 nitrogen and oxygen atoms in total. The minimum atomic E-state index is 0.681. The molecular formula is C17H16N2OS. The van der Waals surface area contributed by atoms with Crippen molar-refractivity contribution in [3.63, 3.8) is 0 Å². The quantitative estimate of drug-likeness (QED) is 0.657. The molecule has 0 bridgehead atoms. The van der Waals surface area contributed by atoms with Crippen LogP contribution in [0.4, 0.5) is 0 Å². The van der Waals surface area contributed by atoms with Gasteiger partial charge in [-0.2, -0.15) is 0 Å². The zero-order valence-electron chi connectivity index (χ0n) is 12.0. The van der Waals surface area contributed by atoms with Crippen LogP contribution in [0.2, 0.25) is 0 Å². The van der Waals surface area contributed by atoms with Crippen molar-refractivity contribution in [1.29, 1.82) is 0 Å². The Hall–Kier alpha value is -2.07. The average Bonchev–Trinajstić information content (AvgIpc) is 2.89. The van der Waals surface area contributed by atoms with Crippen molar-refractivity contribution < 1.29 is 4.42 Å². The summed E-state index contributed by atoms with van der Waals surface area (Å²) in [7, 11) is 0. The summed E-state index contributed by atoms with van der Waals surface area (Å²) in [5.41, 5.74) is 3.15. The van der Waals surface area contributed by atoms with E-state index < -0.39 is 0 Å². The van der Waals surface area contributed by atoms with Gasteiger partial charge in [0.05, 0.1) is 10.7 Å². The standard InChI is InChI=1S/C17H16N2OS/c1-12-8-9-16(18-10-12)21-11-15-13(2)20-17(19-15)14-6-4-3-5-7-14/h3-10H,11H2,1-2H3. The van der Waals surface area contributed by atoms with Gasteiger partial charge in [-0.1, -0.05) is 36.0 Å². The maximum absolute atomic E-state index is 5.76. The van der Waals surface area contributed by atoms with Crippen molar-refractivity contribution in [2.75, 3.05) is 0 Å². The van der Waals surface area contributed by atoms with E-state index in [4.69, 9.17) is 4.42 Å². The van der Waals surface area contributed by atoms with Gasteiger partial charge in [-0.3, -0.25) is 0 Å². The van der Waals surface area contributed by atoms with Crippen molar-refractivity contribution in [2.24, 2.45) is 0 Å². The van der Waals surface area contributed by atoms with Crippen molar-refractivity contribution in [1.82, 2.24) is 9.97 Å². The predicted molar refractivity (Wildman–Crippen MR) is 85.2 cm³/mol. The Morgan fingerprint density at radius 3 is 2.57 bits per heavy atom. The lowest BCUT2D eigenvalue weighted by Crippen LogP contribution is -1.86. The van der Waals surface area contributed by atoms with Gasteiger partial charge in [0.25, 0.3) is 0 Å². The Morgan fingerprint density at radius 2 is 1.86 bits per heavy atom. The molecule has 0 N–H and O–H groups in total. The van der Waals surface area contributed by atoms with Gasteiger partial charge in [0.2, 0.25) is 5.89 Å². The van der Waals surface area contributed by atoms with E-state index in [-0.39, 0.29) is 0 Å². The van der Waals surface area contributed by atoms with E-state index in [0.717, 1.165) is 27.8 Å². The molecule has 0 saturated heterocycles. The molecule has 0 spiro atoms. The van der Waals surface area contributed by atoms with Crippen LogP contribution < -0.4 is 0 Å². The summed E-state index contributed by atoms with van der Waals surface area (Å²) in [6.45, 7) is 3.99. The molecule has 2 aromatic heterocycles. The lowest BCUT2D eigenvalue weighted by molar-refractivity contribution is 0.540. The summed E-state index contributed by atoms with van der Waals surface area (Å²) in [5, 5.41) is 1.00. The third-order valence-corrected chi connectivity index (χ3v) is 4.11. The zero-order valence-corrected chi connectivity index (χ0v) is 12.9. The number of thioether (sulfide) groups is 1. The number of aryl methyl sites for hydroxylation is 2. The molecule has 21 heavy (non-hydrogen) atoms. The largest absolute Gasteiger partial charge is 0.441 e. The molecule has 3 aromatic rings. The van der Waals surface area contributed by atoms with Crippen LogP contribution in [0.5, 0.6) is 0 Å². The van der Waals surface area contributed by atoms with Crippen molar-refractivity contribution in [2.45, 2.75) is 24.6 Å². The third kappa shape index (κ3) is 3.34. The number of nitrogens with zero attached hydrogens (tertiary/aromatic N) is 2. The van der Waals surface area contributed by atoms with Crippen LogP contribution in [-0.4, -0.2) is 9.97 Å². The van der Waals surface area contributed by atoms with E-state index in [9.17, 15) is 0 Å². The molecule has 0 saturated carbocycles. The second-order valence-corrected chi connectivity index (χ2v) is 5.85. The van der Waals surface area contributed by atoms with Gasteiger partial charge in [0.15, 0.2) is 0 Å². The highest BCUT2D eigenvalue weighted by atomic mass is 32.2. The highest BCUT2D eigenvalue weighted by Gasteiger charge is 2.11. The SMILES string of the molecule is Cc1ccc(SCc2nc(-c3ccccc3)oc2C)nc1. The van der Waals surface area contributed by atoms with Gasteiger partial charge in [-0.05, 0) is 37.6 Å². The van der Waals surface area contributed by atoms with E-state index >= 15 is 0 Å². The van der Waals surface area contributed by atoms with Gasteiger partial charge >= 0.3 is 0 Å². The third-order valence-electron chi connectivity index (χ3n) is 3.15. The first-order valence-electron chi connectivity index (χ1n) is 6.79. The van der Waals surface area contributed by atoms with Crippen molar-refractivity contribution in [3.8, 4) is 11.5 Å². The first-order valence-corrected chi connectivity index (χ1v) is 7.78. The first-order chi connectivity index (χ1) is 10.2. The first kappa shape index (κ1) is 13.9. The molecule has 0 fully saturated rings. The summed E-state index contributed by atoms with van der Waals surface area (Å²) in [6, 6.07) is 14.1. The molecule has 0 amide bonds. The Bertz CT molecular complexity index is 720. The summed E-state index contributed by atoms with van der Waals surface area (Å²) >= 11 is 1.67. The Balaban J connectivity index is 1.74. The number of oxazole rings is 1. The van der Waals surface area contributed by atoms with Gasteiger partial charge in [0.1, 0.15) is 5.76 Å². The maximum Gasteiger partial charge on any atom is 0.226 e.